The zero-order valence-corrected chi connectivity index (χ0v) is 22.9. The summed E-state index contributed by atoms with van der Waals surface area (Å²) < 4.78 is 10.7. The number of hydrogen-bond acceptors (Lipinski definition) is 8. The first-order valence-corrected chi connectivity index (χ1v) is 12.9. The molecule has 2 amide bonds. The van der Waals surface area contributed by atoms with Gasteiger partial charge in [-0.1, -0.05) is 24.8 Å². The topological polar surface area (TPSA) is 107 Å². The number of methoxy groups -OCH3 is 2. The van der Waals surface area contributed by atoms with E-state index in [1.165, 1.54) is 18.9 Å². The van der Waals surface area contributed by atoms with Gasteiger partial charge in [0, 0.05) is 36.4 Å². The Hall–Kier alpha value is -3.66. The Morgan fingerprint density at radius 3 is 2.41 bits per heavy atom. The number of thioether (sulfide) groups is 1. The molecule has 0 bridgehead atoms. The Morgan fingerprint density at radius 1 is 1.08 bits per heavy atom. The van der Waals surface area contributed by atoms with E-state index in [0.717, 1.165) is 17.0 Å². The quantitative estimate of drug-likeness (QED) is 0.291. The van der Waals surface area contributed by atoms with E-state index in [1.54, 1.807) is 49.5 Å². The number of aryl methyl sites for hydroxylation is 2. The van der Waals surface area contributed by atoms with Crippen LogP contribution in [0.25, 0.3) is 0 Å². The van der Waals surface area contributed by atoms with Crippen molar-refractivity contribution < 1.29 is 19.1 Å². The van der Waals surface area contributed by atoms with E-state index in [2.05, 4.69) is 20.3 Å². The summed E-state index contributed by atoms with van der Waals surface area (Å²) in [6, 6.07) is 10.7. The van der Waals surface area contributed by atoms with E-state index in [4.69, 9.17) is 9.47 Å². The van der Waals surface area contributed by atoms with Crippen LogP contribution in [-0.4, -0.2) is 57.2 Å². The SMILES string of the molecule is CCC(C)(C(=O)Nc1ccc(OC)cc1OC)N(Cc1cccnc1)C(=O)CSc1nc(C)cc(C)n1. The Morgan fingerprint density at radius 2 is 1.81 bits per heavy atom. The smallest absolute Gasteiger partial charge is 0.250 e. The van der Waals surface area contributed by atoms with Crippen LogP contribution >= 0.6 is 11.8 Å². The highest BCUT2D eigenvalue weighted by Crippen LogP contribution is 2.32. The van der Waals surface area contributed by atoms with Crippen LogP contribution in [0.3, 0.4) is 0 Å². The highest BCUT2D eigenvalue weighted by molar-refractivity contribution is 7.99. The molecule has 1 N–H and O–H groups in total. The molecular weight excluding hydrogens is 490 g/mol. The van der Waals surface area contributed by atoms with Gasteiger partial charge in [0.05, 0.1) is 25.7 Å². The maximum atomic E-state index is 13.7. The van der Waals surface area contributed by atoms with Gasteiger partial charge in [0.25, 0.3) is 0 Å². The zero-order valence-electron chi connectivity index (χ0n) is 22.1. The lowest BCUT2D eigenvalue weighted by molar-refractivity contribution is -0.143. The van der Waals surface area contributed by atoms with Gasteiger partial charge < -0.3 is 19.7 Å². The Balaban J connectivity index is 1.90. The average Bonchev–Trinajstić information content (AvgIpc) is 2.90. The Bertz CT molecular complexity index is 1220. The van der Waals surface area contributed by atoms with Crippen molar-refractivity contribution in [3.05, 3.63) is 65.7 Å². The fourth-order valence-corrected chi connectivity index (χ4v) is 4.63. The summed E-state index contributed by atoms with van der Waals surface area (Å²) in [6.45, 7) is 7.65. The van der Waals surface area contributed by atoms with E-state index in [9.17, 15) is 9.59 Å². The van der Waals surface area contributed by atoms with Crippen LogP contribution in [0.15, 0.2) is 53.9 Å². The molecule has 3 rings (SSSR count). The first-order chi connectivity index (χ1) is 17.7. The van der Waals surface area contributed by atoms with E-state index >= 15 is 0 Å². The average molecular weight is 524 g/mol. The second-order valence-electron chi connectivity index (χ2n) is 8.71. The lowest BCUT2D eigenvalue weighted by atomic mass is 9.93. The molecule has 0 aliphatic carbocycles. The highest BCUT2D eigenvalue weighted by Gasteiger charge is 2.41. The third-order valence-corrected chi connectivity index (χ3v) is 6.91. The molecule has 2 aromatic heterocycles. The predicted octanol–water partition coefficient (Wildman–Crippen LogP) is 4.43. The normalized spacial score (nSPS) is 12.4. The molecular formula is C27H33N5O4S. The zero-order chi connectivity index (χ0) is 27.0. The summed E-state index contributed by atoms with van der Waals surface area (Å²) >= 11 is 1.25. The van der Waals surface area contributed by atoms with Crippen molar-refractivity contribution >= 4 is 29.3 Å². The van der Waals surface area contributed by atoms with Crippen molar-refractivity contribution in [2.45, 2.75) is 51.4 Å². The summed E-state index contributed by atoms with van der Waals surface area (Å²) in [5, 5.41) is 3.48. The largest absolute Gasteiger partial charge is 0.497 e. The number of anilines is 1. The Kier molecular flexibility index (Phi) is 9.46. The minimum Gasteiger partial charge on any atom is -0.497 e. The van der Waals surface area contributed by atoms with Gasteiger partial charge in [-0.15, -0.1) is 0 Å². The van der Waals surface area contributed by atoms with Gasteiger partial charge >= 0.3 is 0 Å². The van der Waals surface area contributed by atoms with Crippen molar-refractivity contribution in [1.82, 2.24) is 19.9 Å². The molecule has 0 fully saturated rings. The first kappa shape index (κ1) is 27.9. The number of amides is 2. The van der Waals surface area contributed by atoms with Crippen LogP contribution in [0.2, 0.25) is 0 Å². The van der Waals surface area contributed by atoms with Crippen molar-refractivity contribution in [3.8, 4) is 11.5 Å². The molecule has 0 aliphatic rings. The summed E-state index contributed by atoms with van der Waals surface area (Å²) in [5.41, 5.74) is 1.81. The molecule has 3 aromatic rings. The number of hydrogen-bond donors (Lipinski definition) is 1. The number of pyridine rings is 1. The van der Waals surface area contributed by atoms with Crippen LogP contribution in [0.5, 0.6) is 11.5 Å². The van der Waals surface area contributed by atoms with Crippen molar-refractivity contribution in [2.24, 2.45) is 0 Å². The fourth-order valence-electron chi connectivity index (χ4n) is 3.81. The van der Waals surface area contributed by atoms with E-state index < -0.39 is 5.54 Å². The van der Waals surface area contributed by atoms with Gasteiger partial charge in [0.1, 0.15) is 17.0 Å². The van der Waals surface area contributed by atoms with Crippen molar-refractivity contribution in [2.75, 3.05) is 25.3 Å². The Labute approximate surface area is 222 Å². The van der Waals surface area contributed by atoms with Crippen LogP contribution in [0, 0.1) is 13.8 Å². The summed E-state index contributed by atoms with van der Waals surface area (Å²) in [5.74, 6) is 0.602. The molecule has 1 aromatic carbocycles. The van der Waals surface area contributed by atoms with E-state index in [1.807, 2.05) is 39.0 Å². The van der Waals surface area contributed by atoms with Crippen LogP contribution in [0.4, 0.5) is 5.69 Å². The molecule has 1 unspecified atom stereocenters. The number of ether oxygens (including phenoxy) is 2. The number of nitrogens with zero attached hydrogens (tertiary/aromatic N) is 4. The van der Waals surface area contributed by atoms with E-state index in [-0.39, 0.29) is 24.1 Å². The summed E-state index contributed by atoms with van der Waals surface area (Å²) in [6.07, 6.45) is 3.75. The van der Waals surface area contributed by atoms with Crippen molar-refractivity contribution in [1.29, 1.82) is 0 Å². The number of benzene rings is 1. The molecule has 0 saturated carbocycles. The molecule has 9 nitrogen and oxygen atoms in total. The van der Waals surface area contributed by atoms with Crippen molar-refractivity contribution in [3.63, 3.8) is 0 Å². The second-order valence-corrected chi connectivity index (χ2v) is 9.65. The minimum atomic E-state index is -1.16. The molecule has 1 atom stereocenters. The maximum absolute atomic E-state index is 13.7. The standard InChI is InChI=1S/C27H33N5O4S/c1-7-27(4,25(34)31-22-11-10-21(35-5)14-23(22)36-6)32(16-20-9-8-12-28-15-20)24(33)17-37-26-29-18(2)13-19(3)30-26/h8-15H,7,16-17H2,1-6H3,(H,31,34). The molecule has 0 saturated heterocycles. The van der Waals surface area contributed by atoms with Gasteiger partial charge in [0.2, 0.25) is 11.8 Å². The second kappa shape index (κ2) is 12.5. The fraction of sp³-hybridized carbons (Fsp3) is 0.370. The first-order valence-electron chi connectivity index (χ1n) is 11.9. The monoisotopic (exact) mass is 523 g/mol. The highest BCUT2D eigenvalue weighted by atomic mass is 32.2. The molecule has 10 heteroatoms. The van der Waals surface area contributed by atoms with Gasteiger partial charge in [-0.05, 0) is 57.0 Å². The van der Waals surface area contributed by atoms with Gasteiger partial charge in [0.15, 0.2) is 5.16 Å². The molecule has 0 aliphatic heterocycles. The van der Waals surface area contributed by atoms with Crippen LogP contribution in [-0.2, 0) is 16.1 Å². The van der Waals surface area contributed by atoms with E-state index in [0.29, 0.717) is 28.8 Å². The molecule has 37 heavy (non-hydrogen) atoms. The number of nitrogens with one attached hydrogen (secondary N) is 1. The lowest BCUT2D eigenvalue weighted by Crippen LogP contribution is -2.57. The molecule has 0 radical (unpaired) electrons. The number of rotatable bonds is 11. The summed E-state index contributed by atoms with van der Waals surface area (Å²) in [7, 11) is 3.08. The molecule has 196 valence electrons. The molecule has 0 spiro atoms. The third kappa shape index (κ3) is 6.97. The number of carbonyl (C=O) groups is 2. The van der Waals surface area contributed by atoms with Gasteiger partial charge in [-0.3, -0.25) is 14.6 Å². The van der Waals surface area contributed by atoms with Gasteiger partial charge in [-0.2, -0.15) is 0 Å². The summed E-state index contributed by atoms with van der Waals surface area (Å²) in [4.78, 5) is 42.0. The lowest BCUT2D eigenvalue weighted by Gasteiger charge is -2.39. The van der Waals surface area contributed by atoms with Crippen LogP contribution in [0.1, 0.15) is 37.2 Å². The third-order valence-electron chi connectivity index (χ3n) is 6.08. The maximum Gasteiger partial charge on any atom is 0.250 e. The molecule has 2 heterocycles. The number of aromatic nitrogens is 3. The van der Waals surface area contributed by atoms with Gasteiger partial charge in [-0.25, -0.2) is 9.97 Å². The number of carbonyl (C=O) groups excluding carboxylic acids is 2. The minimum absolute atomic E-state index is 0.0812. The predicted molar refractivity (Wildman–Crippen MR) is 144 cm³/mol. The van der Waals surface area contributed by atoms with Crippen LogP contribution < -0.4 is 14.8 Å².